The molecule has 3 aliphatic rings. The molecule has 3 atom stereocenters. The summed E-state index contributed by atoms with van der Waals surface area (Å²) in [5.41, 5.74) is 5.97. The fraction of sp³-hybridized carbons (Fsp3) is 0.591. The standard InChI is InChI=1S/C22H29ClN4O3/c1-21(2)10-17(28)27(20(24)26-21)11-12-8-13(12)19(29)25-15-9-22(3,4)30-16-7-5-6-14(23)18(15)16/h5-7,12-13,15H,8-11H2,1-4H3,(H2,24,26)(H,25,29). The zero-order valence-corrected chi connectivity index (χ0v) is 18.6. The fourth-order valence-corrected chi connectivity index (χ4v) is 4.78. The normalized spacial score (nSPS) is 28.8. The number of hydrogen-bond acceptors (Lipinski definition) is 5. The molecule has 2 amide bonds. The molecule has 2 aliphatic heterocycles. The Hall–Kier alpha value is -2.28. The first-order valence-electron chi connectivity index (χ1n) is 10.4. The third-order valence-electron chi connectivity index (χ3n) is 6.01. The second-order valence-corrected chi connectivity index (χ2v) is 10.3. The summed E-state index contributed by atoms with van der Waals surface area (Å²) < 4.78 is 6.04. The molecule has 1 saturated carbocycles. The molecule has 0 saturated heterocycles. The zero-order chi connectivity index (χ0) is 21.8. The van der Waals surface area contributed by atoms with Gasteiger partial charge in [-0.1, -0.05) is 17.7 Å². The van der Waals surface area contributed by atoms with Gasteiger partial charge in [-0.3, -0.25) is 14.5 Å². The van der Waals surface area contributed by atoms with Crippen LogP contribution in [-0.4, -0.2) is 40.4 Å². The molecule has 2 heterocycles. The molecule has 0 spiro atoms. The smallest absolute Gasteiger partial charge is 0.231 e. The Kier molecular flexibility index (Phi) is 5.00. The summed E-state index contributed by atoms with van der Waals surface area (Å²) in [7, 11) is 0. The molecule has 1 fully saturated rings. The predicted molar refractivity (Wildman–Crippen MR) is 115 cm³/mol. The quantitative estimate of drug-likeness (QED) is 0.764. The number of carbonyl (C=O) groups excluding carboxylic acids is 2. The molecule has 4 rings (SSSR count). The van der Waals surface area contributed by atoms with Crippen LogP contribution < -0.4 is 15.8 Å². The van der Waals surface area contributed by atoms with E-state index >= 15 is 0 Å². The number of halogens is 1. The van der Waals surface area contributed by atoms with Gasteiger partial charge in [0.1, 0.15) is 11.4 Å². The Balaban J connectivity index is 1.42. The molecule has 1 aliphatic carbocycles. The van der Waals surface area contributed by atoms with E-state index in [2.05, 4.69) is 10.3 Å². The number of benzene rings is 1. The first-order chi connectivity index (χ1) is 14.0. The monoisotopic (exact) mass is 432 g/mol. The Labute approximate surface area is 182 Å². The number of guanidine groups is 1. The minimum Gasteiger partial charge on any atom is -0.487 e. The Morgan fingerprint density at radius 1 is 1.37 bits per heavy atom. The van der Waals surface area contributed by atoms with Crippen LogP contribution in [0.2, 0.25) is 5.02 Å². The van der Waals surface area contributed by atoms with Gasteiger partial charge in [-0.15, -0.1) is 0 Å². The van der Waals surface area contributed by atoms with Crippen molar-refractivity contribution in [3.8, 4) is 5.75 Å². The van der Waals surface area contributed by atoms with Crippen molar-refractivity contribution in [2.45, 2.75) is 64.1 Å². The average Bonchev–Trinajstić information content (AvgIpc) is 3.35. The predicted octanol–water partition coefficient (Wildman–Crippen LogP) is 3.02. The first kappa shape index (κ1) is 21.0. The van der Waals surface area contributed by atoms with Crippen LogP contribution in [0.1, 0.15) is 58.6 Å². The van der Waals surface area contributed by atoms with E-state index in [-0.39, 0.29) is 35.7 Å². The highest BCUT2D eigenvalue weighted by atomic mass is 35.5. The highest BCUT2D eigenvalue weighted by Gasteiger charge is 2.47. The maximum absolute atomic E-state index is 13.0. The third kappa shape index (κ3) is 4.13. The summed E-state index contributed by atoms with van der Waals surface area (Å²) in [5, 5.41) is 3.76. The van der Waals surface area contributed by atoms with Gasteiger partial charge in [0.05, 0.1) is 18.0 Å². The lowest BCUT2D eigenvalue weighted by Crippen LogP contribution is -2.50. The minimum atomic E-state index is -0.472. The number of carbonyl (C=O) groups is 2. The van der Waals surface area contributed by atoms with Gasteiger partial charge < -0.3 is 15.8 Å². The number of nitrogens with zero attached hydrogens (tertiary/aromatic N) is 2. The summed E-state index contributed by atoms with van der Waals surface area (Å²) in [6.45, 7) is 8.21. The average molecular weight is 433 g/mol. The molecule has 0 radical (unpaired) electrons. The van der Waals surface area contributed by atoms with Crippen LogP contribution in [0.25, 0.3) is 0 Å². The molecule has 0 bridgehead atoms. The molecule has 30 heavy (non-hydrogen) atoms. The second-order valence-electron chi connectivity index (χ2n) is 9.84. The zero-order valence-electron chi connectivity index (χ0n) is 17.9. The van der Waals surface area contributed by atoms with E-state index < -0.39 is 11.1 Å². The lowest BCUT2D eigenvalue weighted by atomic mass is 9.89. The molecular weight excluding hydrogens is 404 g/mol. The van der Waals surface area contributed by atoms with Crippen molar-refractivity contribution in [3.05, 3.63) is 28.8 Å². The summed E-state index contributed by atoms with van der Waals surface area (Å²) in [5.74, 6) is 0.843. The maximum atomic E-state index is 13.0. The van der Waals surface area contributed by atoms with Crippen molar-refractivity contribution >= 4 is 29.4 Å². The minimum absolute atomic E-state index is 0.0196. The van der Waals surface area contributed by atoms with Gasteiger partial charge in [0.2, 0.25) is 11.8 Å². The topological polar surface area (TPSA) is 97.0 Å². The Bertz CT molecular complexity index is 927. The summed E-state index contributed by atoms with van der Waals surface area (Å²) in [6.07, 6.45) is 1.68. The van der Waals surface area contributed by atoms with Crippen molar-refractivity contribution < 1.29 is 14.3 Å². The molecule has 0 aromatic heterocycles. The molecule has 1 aromatic carbocycles. The van der Waals surface area contributed by atoms with Crippen LogP contribution in [0, 0.1) is 11.8 Å². The van der Waals surface area contributed by atoms with Crippen LogP contribution in [0.4, 0.5) is 0 Å². The molecule has 8 heteroatoms. The summed E-state index contributed by atoms with van der Waals surface area (Å²) in [6, 6.07) is 5.33. The second kappa shape index (κ2) is 7.15. The van der Waals surface area contributed by atoms with Crippen molar-refractivity contribution in [2.75, 3.05) is 6.54 Å². The van der Waals surface area contributed by atoms with Crippen molar-refractivity contribution in [1.82, 2.24) is 10.2 Å². The van der Waals surface area contributed by atoms with Crippen LogP contribution in [0.5, 0.6) is 5.75 Å². The van der Waals surface area contributed by atoms with Crippen LogP contribution in [0.3, 0.4) is 0 Å². The van der Waals surface area contributed by atoms with Crippen molar-refractivity contribution in [2.24, 2.45) is 22.6 Å². The highest BCUT2D eigenvalue weighted by molar-refractivity contribution is 6.31. The van der Waals surface area contributed by atoms with Crippen molar-refractivity contribution in [1.29, 1.82) is 0 Å². The van der Waals surface area contributed by atoms with E-state index in [1.165, 1.54) is 4.90 Å². The van der Waals surface area contributed by atoms with E-state index in [0.717, 1.165) is 12.0 Å². The van der Waals surface area contributed by atoms with E-state index in [9.17, 15) is 9.59 Å². The Morgan fingerprint density at radius 2 is 2.10 bits per heavy atom. The van der Waals surface area contributed by atoms with Crippen LogP contribution in [0.15, 0.2) is 23.2 Å². The van der Waals surface area contributed by atoms with E-state index in [4.69, 9.17) is 22.1 Å². The number of rotatable bonds is 4. The summed E-state index contributed by atoms with van der Waals surface area (Å²) >= 11 is 6.42. The van der Waals surface area contributed by atoms with Gasteiger partial charge in [0, 0.05) is 29.5 Å². The lowest BCUT2D eigenvalue weighted by Gasteiger charge is -2.38. The summed E-state index contributed by atoms with van der Waals surface area (Å²) in [4.78, 5) is 31.4. The molecular formula is C22H29ClN4O3. The van der Waals surface area contributed by atoms with Gasteiger partial charge >= 0.3 is 0 Å². The van der Waals surface area contributed by atoms with Crippen molar-refractivity contribution in [3.63, 3.8) is 0 Å². The van der Waals surface area contributed by atoms with E-state index in [1.807, 2.05) is 45.9 Å². The number of aliphatic imine (C=N–C) groups is 1. The van der Waals surface area contributed by atoms with Gasteiger partial charge in [0.15, 0.2) is 5.96 Å². The molecule has 7 nitrogen and oxygen atoms in total. The van der Waals surface area contributed by atoms with Crippen LogP contribution in [-0.2, 0) is 9.59 Å². The maximum Gasteiger partial charge on any atom is 0.231 e. The number of amides is 2. The van der Waals surface area contributed by atoms with E-state index in [1.54, 1.807) is 0 Å². The number of nitrogens with one attached hydrogen (secondary N) is 1. The van der Waals surface area contributed by atoms with Gasteiger partial charge in [0.25, 0.3) is 0 Å². The Morgan fingerprint density at radius 3 is 2.80 bits per heavy atom. The van der Waals surface area contributed by atoms with Gasteiger partial charge in [-0.05, 0) is 52.2 Å². The largest absolute Gasteiger partial charge is 0.487 e. The fourth-order valence-electron chi connectivity index (χ4n) is 4.48. The number of nitrogens with two attached hydrogens (primary N) is 1. The van der Waals surface area contributed by atoms with Crippen LogP contribution >= 0.6 is 11.6 Å². The number of fused-ring (bicyclic) bond motifs is 1. The molecule has 1 aromatic rings. The SMILES string of the molecule is CC1(C)CC(=O)N(CC2CC2C(=O)NC2CC(C)(C)Oc3cccc(Cl)c32)C(N)=N1. The number of ether oxygens (including phenoxy) is 1. The third-order valence-corrected chi connectivity index (χ3v) is 6.34. The molecule has 3 N–H and O–H groups in total. The van der Waals surface area contributed by atoms with E-state index in [0.29, 0.717) is 30.2 Å². The van der Waals surface area contributed by atoms with Gasteiger partial charge in [-0.2, -0.15) is 0 Å². The molecule has 3 unspecified atom stereocenters. The molecule has 162 valence electrons. The highest BCUT2D eigenvalue weighted by Crippen LogP contribution is 2.45. The lowest BCUT2D eigenvalue weighted by molar-refractivity contribution is -0.130. The van der Waals surface area contributed by atoms with Gasteiger partial charge in [-0.25, -0.2) is 4.99 Å². The first-order valence-corrected chi connectivity index (χ1v) is 10.8. The number of hydrogen-bond donors (Lipinski definition) is 2.